The second kappa shape index (κ2) is 7.50. The largest absolute Gasteiger partial charge is 0.497 e. The number of hydrogen-bond donors (Lipinski definition) is 0. The predicted molar refractivity (Wildman–Crippen MR) is 98.0 cm³/mol. The summed E-state index contributed by atoms with van der Waals surface area (Å²) >= 11 is 0. The minimum atomic E-state index is -0.308. The number of oxazole rings is 1. The third-order valence-electron chi connectivity index (χ3n) is 4.40. The van der Waals surface area contributed by atoms with Crippen molar-refractivity contribution in [3.8, 4) is 17.1 Å². The molecular formula is C20H26N2O4. The third kappa shape index (κ3) is 4.43. The van der Waals surface area contributed by atoms with Gasteiger partial charge in [0.15, 0.2) is 11.7 Å². The van der Waals surface area contributed by atoms with Gasteiger partial charge in [-0.25, -0.2) is 4.98 Å². The Hall–Kier alpha value is -2.34. The smallest absolute Gasteiger partial charge is 0.223 e. The SMILES string of the molecule is COc1ccc(-c2cnc(CCC(=O)N3CC(C)OC(C)(C)C3)o2)cc1. The number of nitrogens with zero attached hydrogens (tertiary/aromatic N) is 2. The van der Waals surface area contributed by atoms with Crippen LogP contribution in [-0.2, 0) is 16.0 Å². The fraction of sp³-hybridized carbons (Fsp3) is 0.500. The standard InChI is InChI=1S/C20H26N2O4/c1-14-12-22(13-20(2,3)26-14)19(23)10-9-18-21-11-17(25-18)15-5-7-16(24-4)8-6-15/h5-8,11,14H,9-10,12-13H2,1-4H3. The highest BCUT2D eigenvalue weighted by Gasteiger charge is 2.33. The van der Waals surface area contributed by atoms with Crippen molar-refractivity contribution in [2.45, 2.75) is 45.3 Å². The molecule has 1 fully saturated rings. The number of aromatic nitrogens is 1. The minimum Gasteiger partial charge on any atom is -0.497 e. The molecule has 6 nitrogen and oxygen atoms in total. The van der Waals surface area contributed by atoms with Crippen LogP contribution in [-0.4, -0.2) is 47.7 Å². The number of methoxy groups -OCH3 is 1. The molecule has 26 heavy (non-hydrogen) atoms. The van der Waals surface area contributed by atoms with E-state index in [-0.39, 0.29) is 17.6 Å². The highest BCUT2D eigenvalue weighted by molar-refractivity contribution is 5.76. The molecule has 1 atom stereocenters. The van der Waals surface area contributed by atoms with Gasteiger partial charge >= 0.3 is 0 Å². The van der Waals surface area contributed by atoms with Gasteiger partial charge in [0.25, 0.3) is 0 Å². The van der Waals surface area contributed by atoms with Crippen LogP contribution in [0.5, 0.6) is 5.75 Å². The maximum Gasteiger partial charge on any atom is 0.223 e. The van der Waals surface area contributed by atoms with Crippen molar-refractivity contribution >= 4 is 5.91 Å². The molecule has 140 valence electrons. The Morgan fingerprint density at radius 3 is 2.73 bits per heavy atom. The second-order valence-corrected chi connectivity index (χ2v) is 7.31. The van der Waals surface area contributed by atoms with E-state index in [2.05, 4.69) is 4.98 Å². The highest BCUT2D eigenvalue weighted by atomic mass is 16.5. The summed E-state index contributed by atoms with van der Waals surface area (Å²) in [5.41, 5.74) is 0.622. The first kappa shape index (κ1) is 18.5. The molecule has 0 aliphatic carbocycles. The molecule has 0 radical (unpaired) electrons. The van der Waals surface area contributed by atoms with Crippen LogP contribution in [0.3, 0.4) is 0 Å². The molecule has 0 saturated carbocycles. The van der Waals surface area contributed by atoms with Crippen LogP contribution in [0.4, 0.5) is 0 Å². The van der Waals surface area contributed by atoms with E-state index in [1.54, 1.807) is 13.3 Å². The zero-order chi connectivity index (χ0) is 18.7. The van der Waals surface area contributed by atoms with E-state index >= 15 is 0 Å². The van der Waals surface area contributed by atoms with Gasteiger partial charge in [0.05, 0.1) is 25.0 Å². The zero-order valence-electron chi connectivity index (χ0n) is 15.8. The molecular weight excluding hydrogens is 332 g/mol. The van der Waals surface area contributed by atoms with Gasteiger partial charge in [-0.1, -0.05) is 0 Å². The Kier molecular flexibility index (Phi) is 5.32. The lowest BCUT2D eigenvalue weighted by Gasteiger charge is -2.41. The van der Waals surface area contributed by atoms with E-state index in [9.17, 15) is 4.79 Å². The number of hydrogen-bond acceptors (Lipinski definition) is 5. The monoisotopic (exact) mass is 358 g/mol. The molecule has 1 unspecified atom stereocenters. The maximum atomic E-state index is 12.5. The lowest BCUT2D eigenvalue weighted by Crippen LogP contribution is -2.53. The molecule has 1 saturated heterocycles. The van der Waals surface area contributed by atoms with Crippen molar-refractivity contribution in [3.05, 3.63) is 36.4 Å². The average molecular weight is 358 g/mol. The number of carbonyl (C=O) groups excluding carboxylic acids is 1. The van der Waals surface area contributed by atoms with Crippen LogP contribution in [0.1, 0.15) is 33.1 Å². The maximum absolute atomic E-state index is 12.5. The van der Waals surface area contributed by atoms with Gasteiger partial charge in [-0.15, -0.1) is 0 Å². The van der Waals surface area contributed by atoms with E-state index in [1.807, 2.05) is 49.9 Å². The van der Waals surface area contributed by atoms with Crippen molar-refractivity contribution in [2.24, 2.45) is 0 Å². The molecule has 1 aromatic heterocycles. The fourth-order valence-corrected chi connectivity index (χ4v) is 3.33. The van der Waals surface area contributed by atoms with Crippen molar-refractivity contribution in [2.75, 3.05) is 20.2 Å². The molecule has 2 aromatic rings. The number of aryl methyl sites for hydroxylation is 1. The molecule has 1 aliphatic heterocycles. The van der Waals surface area contributed by atoms with Crippen LogP contribution in [0, 0.1) is 0 Å². The molecule has 1 aromatic carbocycles. The Morgan fingerprint density at radius 1 is 1.35 bits per heavy atom. The molecule has 2 heterocycles. The quantitative estimate of drug-likeness (QED) is 0.820. The average Bonchev–Trinajstić information content (AvgIpc) is 3.07. The van der Waals surface area contributed by atoms with E-state index in [1.165, 1.54) is 0 Å². The Labute approximate surface area is 154 Å². The van der Waals surface area contributed by atoms with E-state index in [4.69, 9.17) is 13.9 Å². The normalized spacial score (nSPS) is 19.4. The summed E-state index contributed by atoms with van der Waals surface area (Å²) in [6.45, 7) is 7.26. The Bertz CT molecular complexity index is 751. The number of rotatable bonds is 5. The summed E-state index contributed by atoms with van der Waals surface area (Å²) < 4.78 is 16.8. The first-order valence-corrected chi connectivity index (χ1v) is 8.91. The van der Waals surface area contributed by atoms with Crippen molar-refractivity contribution in [1.29, 1.82) is 0 Å². The van der Waals surface area contributed by atoms with Crippen molar-refractivity contribution < 1.29 is 18.7 Å². The third-order valence-corrected chi connectivity index (χ3v) is 4.40. The topological polar surface area (TPSA) is 64.8 Å². The number of amides is 1. The van der Waals surface area contributed by atoms with Gasteiger partial charge in [0.1, 0.15) is 5.75 Å². The lowest BCUT2D eigenvalue weighted by molar-refractivity contribution is -0.158. The molecule has 0 spiro atoms. The van der Waals surface area contributed by atoms with Crippen LogP contribution >= 0.6 is 0 Å². The molecule has 0 bridgehead atoms. The summed E-state index contributed by atoms with van der Waals surface area (Å²) in [6.07, 6.45) is 2.61. The van der Waals surface area contributed by atoms with Gasteiger partial charge in [-0.3, -0.25) is 4.79 Å². The summed E-state index contributed by atoms with van der Waals surface area (Å²) in [5, 5.41) is 0. The van der Waals surface area contributed by atoms with Gasteiger partial charge in [0.2, 0.25) is 5.91 Å². The minimum absolute atomic E-state index is 0.0473. The van der Waals surface area contributed by atoms with Crippen molar-refractivity contribution in [1.82, 2.24) is 9.88 Å². The highest BCUT2D eigenvalue weighted by Crippen LogP contribution is 2.24. The number of morpholine rings is 1. The van der Waals surface area contributed by atoms with E-state index < -0.39 is 0 Å². The Morgan fingerprint density at radius 2 is 2.08 bits per heavy atom. The van der Waals surface area contributed by atoms with Crippen LogP contribution in [0.2, 0.25) is 0 Å². The summed E-state index contributed by atoms with van der Waals surface area (Å²) in [6, 6.07) is 7.60. The first-order chi connectivity index (χ1) is 12.4. The summed E-state index contributed by atoms with van der Waals surface area (Å²) in [4.78, 5) is 18.7. The molecule has 3 rings (SSSR count). The van der Waals surface area contributed by atoms with E-state index in [0.717, 1.165) is 11.3 Å². The Balaban J connectivity index is 1.58. The number of benzene rings is 1. The fourth-order valence-electron chi connectivity index (χ4n) is 3.33. The van der Waals surface area contributed by atoms with Gasteiger partial charge in [-0.2, -0.15) is 0 Å². The molecule has 1 amide bonds. The molecule has 6 heteroatoms. The summed E-state index contributed by atoms with van der Waals surface area (Å²) in [7, 11) is 1.63. The van der Waals surface area contributed by atoms with Crippen LogP contribution in [0.25, 0.3) is 11.3 Å². The predicted octanol–water partition coefficient (Wildman–Crippen LogP) is 3.31. The zero-order valence-corrected chi connectivity index (χ0v) is 15.8. The first-order valence-electron chi connectivity index (χ1n) is 8.91. The number of carbonyl (C=O) groups is 1. The van der Waals surface area contributed by atoms with E-state index in [0.29, 0.717) is 37.6 Å². The van der Waals surface area contributed by atoms with Crippen molar-refractivity contribution in [3.63, 3.8) is 0 Å². The van der Waals surface area contributed by atoms with Gasteiger partial charge in [-0.05, 0) is 45.0 Å². The molecule has 0 N–H and O–H groups in total. The lowest BCUT2D eigenvalue weighted by atomic mass is 10.0. The molecule has 1 aliphatic rings. The number of ether oxygens (including phenoxy) is 2. The van der Waals surface area contributed by atoms with Gasteiger partial charge < -0.3 is 18.8 Å². The van der Waals surface area contributed by atoms with Gasteiger partial charge in [0, 0.05) is 31.5 Å². The van der Waals surface area contributed by atoms with Crippen LogP contribution in [0.15, 0.2) is 34.9 Å². The summed E-state index contributed by atoms with van der Waals surface area (Å²) in [5.74, 6) is 2.17. The second-order valence-electron chi connectivity index (χ2n) is 7.31. The van der Waals surface area contributed by atoms with Crippen LogP contribution < -0.4 is 4.74 Å².